The number of thiophene rings is 1. The Hall–Kier alpha value is -2.70. The van der Waals surface area contributed by atoms with Gasteiger partial charge in [0.1, 0.15) is 11.9 Å². The number of nitrogens with zero attached hydrogens (tertiary/aromatic N) is 1. The van der Waals surface area contributed by atoms with Crippen LogP contribution in [0.1, 0.15) is 28.4 Å². The molecule has 4 rings (SSSR count). The Morgan fingerprint density at radius 1 is 1.03 bits per heavy atom. The Morgan fingerprint density at radius 2 is 1.87 bits per heavy atom. The van der Waals surface area contributed by atoms with Crippen LogP contribution in [0.3, 0.4) is 0 Å². The zero-order chi connectivity index (χ0) is 21.1. The second-order valence-corrected chi connectivity index (χ2v) is 8.22. The predicted octanol–water partition coefficient (Wildman–Crippen LogP) is 5.22. The molecule has 2 heterocycles. The second-order valence-electron chi connectivity index (χ2n) is 7.44. The summed E-state index contributed by atoms with van der Waals surface area (Å²) in [6.07, 6.45) is -0.0219. The van der Waals surface area contributed by atoms with Crippen LogP contribution in [-0.4, -0.2) is 32.8 Å². The van der Waals surface area contributed by atoms with Gasteiger partial charge in [0.15, 0.2) is 11.5 Å². The number of benzene rings is 2. The van der Waals surface area contributed by atoms with E-state index < -0.39 is 0 Å². The summed E-state index contributed by atoms with van der Waals surface area (Å²) in [6.45, 7) is 4.40. The Balaban J connectivity index is 1.69. The van der Waals surface area contributed by atoms with Gasteiger partial charge in [0, 0.05) is 36.3 Å². The molecule has 0 radical (unpaired) electrons. The van der Waals surface area contributed by atoms with Crippen LogP contribution in [0.4, 0.5) is 0 Å². The van der Waals surface area contributed by atoms with Crippen molar-refractivity contribution in [2.24, 2.45) is 0 Å². The van der Waals surface area contributed by atoms with E-state index in [1.807, 2.05) is 12.1 Å². The van der Waals surface area contributed by atoms with Crippen molar-refractivity contribution in [3.63, 3.8) is 0 Å². The van der Waals surface area contributed by atoms with Gasteiger partial charge in [-0.2, -0.15) is 11.3 Å². The van der Waals surface area contributed by atoms with Crippen LogP contribution in [0.5, 0.6) is 23.0 Å². The molecule has 0 amide bonds. The summed E-state index contributed by atoms with van der Waals surface area (Å²) in [5.74, 6) is 2.95. The lowest BCUT2D eigenvalue weighted by molar-refractivity contribution is 0.143. The molecular formula is C24H27NO4S. The number of ether oxygens (including phenoxy) is 4. The zero-order valence-electron chi connectivity index (χ0n) is 17.8. The highest BCUT2D eigenvalue weighted by Gasteiger charge is 2.26. The standard InChI is InChI=1S/C24H27NO4S/c1-16-5-7-20-19(11-16)13-25(14-22(29-20)18-9-10-30-15-18)12-17-6-8-21(26-2)24(28-4)23(17)27-3/h5-11,15,22H,12-14H2,1-4H3. The molecule has 1 aliphatic rings. The van der Waals surface area contributed by atoms with Gasteiger partial charge < -0.3 is 18.9 Å². The average molecular weight is 426 g/mol. The highest BCUT2D eigenvalue weighted by atomic mass is 32.1. The van der Waals surface area contributed by atoms with Crippen molar-refractivity contribution in [1.82, 2.24) is 4.90 Å². The van der Waals surface area contributed by atoms with Gasteiger partial charge in [-0.3, -0.25) is 4.90 Å². The Labute approximate surface area is 181 Å². The fourth-order valence-electron chi connectivity index (χ4n) is 3.96. The van der Waals surface area contributed by atoms with Gasteiger partial charge in [-0.1, -0.05) is 23.8 Å². The third-order valence-corrected chi connectivity index (χ3v) is 6.10. The van der Waals surface area contributed by atoms with Crippen LogP contribution in [0.15, 0.2) is 47.2 Å². The highest BCUT2D eigenvalue weighted by molar-refractivity contribution is 7.07. The van der Waals surface area contributed by atoms with Crippen molar-refractivity contribution >= 4 is 11.3 Å². The molecule has 0 spiro atoms. The molecule has 158 valence electrons. The maximum atomic E-state index is 6.45. The molecule has 1 aromatic heterocycles. The number of fused-ring (bicyclic) bond motifs is 1. The van der Waals surface area contributed by atoms with Gasteiger partial charge in [-0.15, -0.1) is 0 Å². The van der Waals surface area contributed by atoms with Crippen LogP contribution in [0.2, 0.25) is 0 Å². The van der Waals surface area contributed by atoms with E-state index in [1.54, 1.807) is 32.7 Å². The number of rotatable bonds is 6. The van der Waals surface area contributed by atoms with Gasteiger partial charge in [0.25, 0.3) is 0 Å². The van der Waals surface area contributed by atoms with E-state index in [-0.39, 0.29) is 6.10 Å². The zero-order valence-corrected chi connectivity index (χ0v) is 18.6. The molecule has 0 bridgehead atoms. The number of aryl methyl sites for hydroxylation is 1. The number of hydrogen-bond acceptors (Lipinski definition) is 6. The van der Waals surface area contributed by atoms with Crippen molar-refractivity contribution < 1.29 is 18.9 Å². The molecule has 30 heavy (non-hydrogen) atoms. The second kappa shape index (κ2) is 8.98. The van der Waals surface area contributed by atoms with E-state index in [1.165, 1.54) is 16.7 Å². The summed E-state index contributed by atoms with van der Waals surface area (Å²) >= 11 is 1.70. The van der Waals surface area contributed by atoms with Gasteiger partial charge in [-0.25, -0.2) is 0 Å². The van der Waals surface area contributed by atoms with E-state index in [9.17, 15) is 0 Å². The van der Waals surface area contributed by atoms with Crippen LogP contribution in [0, 0.1) is 6.92 Å². The lowest BCUT2D eigenvalue weighted by atomic mass is 10.1. The summed E-state index contributed by atoms with van der Waals surface area (Å²) in [5, 5.41) is 4.26. The summed E-state index contributed by atoms with van der Waals surface area (Å²) in [6, 6.07) is 12.5. The van der Waals surface area contributed by atoms with Gasteiger partial charge in [-0.05, 0) is 35.9 Å². The van der Waals surface area contributed by atoms with Crippen molar-refractivity contribution in [3.05, 3.63) is 69.4 Å². The monoisotopic (exact) mass is 425 g/mol. The quantitative estimate of drug-likeness (QED) is 0.542. The maximum Gasteiger partial charge on any atom is 0.203 e. The van der Waals surface area contributed by atoms with Crippen LogP contribution >= 0.6 is 11.3 Å². The van der Waals surface area contributed by atoms with E-state index >= 15 is 0 Å². The van der Waals surface area contributed by atoms with Crippen LogP contribution in [-0.2, 0) is 13.1 Å². The van der Waals surface area contributed by atoms with E-state index in [2.05, 4.69) is 46.8 Å². The first kappa shape index (κ1) is 20.6. The Kier molecular flexibility index (Phi) is 6.16. The smallest absolute Gasteiger partial charge is 0.203 e. The molecule has 3 aromatic rings. The van der Waals surface area contributed by atoms with E-state index in [4.69, 9.17) is 18.9 Å². The molecule has 0 saturated heterocycles. The first-order chi connectivity index (χ1) is 14.6. The molecule has 6 heteroatoms. The van der Waals surface area contributed by atoms with Gasteiger partial charge in [0.05, 0.1) is 21.3 Å². The summed E-state index contributed by atoms with van der Waals surface area (Å²) in [4.78, 5) is 2.40. The minimum atomic E-state index is -0.0219. The summed E-state index contributed by atoms with van der Waals surface area (Å²) in [7, 11) is 4.93. The molecule has 0 fully saturated rings. The largest absolute Gasteiger partial charge is 0.493 e. The predicted molar refractivity (Wildman–Crippen MR) is 119 cm³/mol. The summed E-state index contributed by atoms with van der Waals surface area (Å²) < 4.78 is 23.2. The minimum absolute atomic E-state index is 0.0219. The fraction of sp³-hybridized carbons (Fsp3) is 0.333. The van der Waals surface area contributed by atoms with Gasteiger partial charge >= 0.3 is 0 Å². The Morgan fingerprint density at radius 3 is 2.57 bits per heavy atom. The molecule has 0 N–H and O–H groups in total. The highest BCUT2D eigenvalue weighted by Crippen LogP contribution is 2.41. The van der Waals surface area contributed by atoms with Crippen LogP contribution < -0.4 is 18.9 Å². The lowest BCUT2D eigenvalue weighted by Gasteiger charge is -2.25. The third kappa shape index (κ3) is 4.11. The van der Waals surface area contributed by atoms with Crippen LogP contribution in [0.25, 0.3) is 0 Å². The first-order valence-electron chi connectivity index (χ1n) is 9.91. The SMILES string of the molecule is COc1ccc(CN2Cc3cc(C)ccc3OC(c3ccsc3)C2)c(OC)c1OC. The number of methoxy groups -OCH3 is 3. The normalized spacial score (nSPS) is 16.3. The maximum absolute atomic E-state index is 6.45. The molecule has 0 aliphatic carbocycles. The van der Waals surface area contributed by atoms with Crippen molar-refractivity contribution in [2.75, 3.05) is 27.9 Å². The average Bonchev–Trinajstić information content (AvgIpc) is 3.23. The number of hydrogen-bond donors (Lipinski definition) is 0. The molecular weight excluding hydrogens is 398 g/mol. The van der Waals surface area contributed by atoms with E-state index in [0.29, 0.717) is 23.8 Å². The first-order valence-corrected chi connectivity index (χ1v) is 10.9. The molecule has 2 aromatic carbocycles. The van der Waals surface area contributed by atoms with E-state index in [0.717, 1.165) is 24.4 Å². The lowest BCUT2D eigenvalue weighted by Crippen LogP contribution is -2.27. The molecule has 1 aliphatic heterocycles. The van der Waals surface area contributed by atoms with Crippen molar-refractivity contribution in [1.29, 1.82) is 0 Å². The minimum Gasteiger partial charge on any atom is -0.493 e. The van der Waals surface area contributed by atoms with Crippen molar-refractivity contribution in [3.8, 4) is 23.0 Å². The third-order valence-electron chi connectivity index (χ3n) is 5.40. The topological polar surface area (TPSA) is 40.2 Å². The van der Waals surface area contributed by atoms with Gasteiger partial charge in [0.2, 0.25) is 5.75 Å². The molecule has 5 nitrogen and oxygen atoms in total. The summed E-state index contributed by atoms with van der Waals surface area (Å²) in [5.41, 5.74) is 4.69. The molecule has 1 unspecified atom stereocenters. The molecule has 0 saturated carbocycles. The Bertz CT molecular complexity index is 1000. The van der Waals surface area contributed by atoms with Crippen molar-refractivity contribution in [2.45, 2.75) is 26.1 Å². The molecule has 1 atom stereocenters. The fourth-order valence-corrected chi connectivity index (χ4v) is 4.66.